The van der Waals surface area contributed by atoms with Gasteiger partial charge < -0.3 is 4.74 Å². The number of ether oxygens (including phenoxy) is 1. The molecule has 0 aliphatic carbocycles. The minimum atomic E-state index is -0.371. The van der Waals surface area contributed by atoms with Crippen molar-refractivity contribution in [1.29, 1.82) is 0 Å². The van der Waals surface area contributed by atoms with Gasteiger partial charge in [-0.25, -0.2) is 9.78 Å². The van der Waals surface area contributed by atoms with E-state index in [1.807, 2.05) is 19.1 Å². The fourth-order valence-corrected chi connectivity index (χ4v) is 3.69. The van der Waals surface area contributed by atoms with E-state index in [0.29, 0.717) is 0 Å². The van der Waals surface area contributed by atoms with E-state index in [1.54, 1.807) is 0 Å². The topological polar surface area (TPSA) is 44.8 Å². The largest absolute Gasteiger partial charge is 0.469 e. The van der Waals surface area contributed by atoms with Gasteiger partial charge >= 0.3 is 5.97 Å². The number of hydrogen-bond donors (Lipinski definition) is 0. The van der Waals surface area contributed by atoms with Crippen LogP contribution in [0.4, 0.5) is 0 Å². The second-order valence-corrected chi connectivity index (χ2v) is 8.52. The van der Waals surface area contributed by atoms with Gasteiger partial charge in [-0.1, -0.05) is 109 Å². The van der Waals surface area contributed by atoms with Crippen LogP contribution in [-0.4, -0.2) is 24.8 Å². The third kappa shape index (κ3) is 12.6. The maximum atomic E-state index is 11.3. The minimum Gasteiger partial charge on any atom is -0.469 e. The first-order chi connectivity index (χ1) is 13.6. The summed E-state index contributed by atoms with van der Waals surface area (Å²) in [5.41, 5.74) is -0.371. The van der Waals surface area contributed by atoms with E-state index >= 15 is 0 Å². The second kappa shape index (κ2) is 16.0. The van der Waals surface area contributed by atoms with Crippen LogP contribution in [0, 0.1) is 0 Å². The van der Waals surface area contributed by atoms with Gasteiger partial charge in [-0.2, -0.15) is 0 Å². The lowest BCUT2D eigenvalue weighted by Crippen LogP contribution is -2.34. The number of carbonyl (C=O) groups excluding carboxylic acids is 1. The van der Waals surface area contributed by atoms with Crippen molar-refractivity contribution in [3.8, 4) is 0 Å². The van der Waals surface area contributed by atoms with Gasteiger partial charge in [0.2, 0.25) is 0 Å². The molecular weight excluding hydrogens is 352 g/mol. The summed E-state index contributed by atoms with van der Waals surface area (Å²) in [5.74, 6) is -0.283. The predicted molar refractivity (Wildman–Crippen MR) is 115 cm³/mol. The fourth-order valence-electron chi connectivity index (χ4n) is 3.69. The molecule has 0 saturated carbocycles. The molecule has 4 nitrogen and oxygen atoms in total. The number of hydrogen-bond acceptors (Lipinski definition) is 4. The summed E-state index contributed by atoms with van der Waals surface area (Å²) in [4.78, 5) is 22.2. The average molecular weight is 397 g/mol. The minimum absolute atomic E-state index is 0.196. The summed E-state index contributed by atoms with van der Waals surface area (Å²) >= 11 is 0. The first kappa shape index (κ1) is 25.2. The maximum absolute atomic E-state index is 11.3. The fraction of sp³-hybridized carbons (Fsp3) is 0.875. The Morgan fingerprint density at radius 2 is 1.39 bits per heavy atom. The molecule has 1 rings (SSSR count). The Morgan fingerprint density at radius 1 is 0.893 bits per heavy atom. The van der Waals surface area contributed by atoms with Crippen LogP contribution in [0.2, 0.25) is 0 Å². The molecule has 2 atom stereocenters. The summed E-state index contributed by atoms with van der Waals surface area (Å²) < 4.78 is 4.65. The predicted octanol–water partition coefficient (Wildman–Crippen LogP) is 7.07. The number of carbonyl (C=O) groups is 1. The lowest BCUT2D eigenvalue weighted by Gasteiger charge is -2.31. The highest BCUT2D eigenvalue weighted by atomic mass is 17.2. The number of rotatable bonds is 17. The van der Waals surface area contributed by atoms with Gasteiger partial charge in [-0.05, 0) is 13.3 Å². The van der Waals surface area contributed by atoms with Crippen molar-refractivity contribution >= 4 is 5.97 Å². The van der Waals surface area contributed by atoms with Crippen LogP contribution in [0.25, 0.3) is 0 Å². The molecule has 0 saturated heterocycles. The summed E-state index contributed by atoms with van der Waals surface area (Å²) in [6.45, 7) is 4.32. The van der Waals surface area contributed by atoms with Gasteiger partial charge in [-0.3, -0.25) is 4.79 Å². The van der Waals surface area contributed by atoms with Crippen LogP contribution >= 0.6 is 0 Å². The summed E-state index contributed by atoms with van der Waals surface area (Å²) in [5, 5.41) is 0. The Bertz CT molecular complexity index is 421. The molecule has 4 heteroatoms. The highest BCUT2D eigenvalue weighted by molar-refractivity contribution is 5.70. The number of unbranched alkanes of at least 4 members (excludes halogenated alkanes) is 13. The highest BCUT2D eigenvalue weighted by Gasteiger charge is 2.29. The zero-order valence-corrected chi connectivity index (χ0v) is 18.7. The Hall–Kier alpha value is -0.870. The van der Waals surface area contributed by atoms with Crippen LogP contribution in [-0.2, 0) is 19.3 Å². The molecule has 0 aromatic rings. The molecule has 1 aliphatic heterocycles. The highest BCUT2D eigenvalue weighted by Crippen LogP contribution is 2.27. The average Bonchev–Trinajstić information content (AvgIpc) is 2.70. The normalized spacial score (nSPS) is 21.8. The molecule has 28 heavy (non-hydrogen) atoms. The Kier molecular flexibility index (Phi) is 14.4. The molecule has 164 valence electrons. The summed E-state index contributed by atoms with van der Waals surface area (Å²) in [7, 11) is 1.38. The molecule has 0 bridgehead atoms. The Labute approximate surface area is 173 Å². The third-order valence-electron chi connectivity index (χ3n) is 5.65. The standard InChI is InChI=1S/C24H44O4/c1-4-5-6-7-8-9-10-11-12-13-14-15-16-17-19-24(2)20-18-22(27-28-24)21-23(25)26-3/h18,20,22H,4-17,19,21H2,1-3H3/t22-,24-/m0/s1. The molecule has 1 aliphatic rings. The number of esters is 1. The van der Waals surface area contributed by atoms with E-state index in [2.05, 4.69) is 11.7 Å². The SMILES string of the molecule is CCCCCCCCCCCCCCCC[C@@]1(C)C=C[C@@H](CC(=O)OC)OO1. The lowest BCUT2D eigenvalue weighted by atomic mass is 9.95. The van der Waals surface area contributed by atoms with Gasteiger partial charge in [0.25, 0.3) is 0 Å². The Morgan fingerprint density at radius 3 is 1.82 bits per heavy atom. The first-order valence-corrected chi connectivity index (χ1v) is 11.7. The van der Waals surface area contributed by atoms with Gasteiger partial charge in [0.1, 0.15) is 11.7 Å². The van der Waals surface area contributed by atoms with Gasteiger partial charge in [0, 0.05) is 0 Å². The van der Waals surface area contributed by atoms with Crippen molar-refractivity contribution in [2.45, 2.75) is 128 Å². The first-order valence-electron chi connectivity index (χ1n) is 11.7. The summed E-state index contributed by atoms with van der Waals surface area (Å²) in [6.07, 6.45) is 23.9. The van der Waals surface area contributed by atoms with Crippen molar-refractivity contribution in [2.24, 2.45) is 0 Å². The van der Waals surface area contributed by atoms with Crippen LogP contribution in [0.1, 0.15) is 117 Å². The quantitative estimate of drug-likeness (QED) is 0.114. The summed E-state index contributed by atoms with van der Waals surface area (Å²) in [6, 6.07) is 0. The molecule has 0 unspecified atom stereocenters. The van der Waals surface area contributed by atoms with E-state index in [-0.39, 0.29) is 24.1 Å². The monoisotopic (exact) mass is 396 g/mol. The Balaban J connectivity index is 1.92. The van der Waals surface area contributed by atoms with E-state index in [4.69, 9.17) is 9.78 Å². The molecule has 0 aromatic carbocycles. The molecule has 0 aromatic heterocycles. The molecular formula is C24H44O4. The molecule has 0 amide bonds. The van der Waals surface area contributed by atoms with Crippen molar-refractivity contribution in [3.05, 3.63) is 12.2 Å². The van der Waals surface area contributed by atoms with Crippen LogP contribution in [0.15, 0.2) is 12.2 Å². The van der Waals surface area contributed by atoms with Crippen molar-refractivity contribution in [1.82, 2.24) is 0 Å². The van der Waals surface area contributed by atoms with Gasteiger partial charge in [-0.15, -0.1) is 0 Å². The zero-order chi connectivity index (χ0) is 20.5. The third-order valence-corrected chi connectivity index (χ3v) is 5.65. The molecule has 0 fully saturated rings. The second-order valence-electron chi connectivity index (χ2n) is 8.52. The lowest BCUT2D eigenvalue weighted by molar-refractivity contribution is -0.369. The smallest absolute Gasteiger partial charge is 0.308 e. The van der Waals surface area contributed by atoms with Crippen molar-refractivity contribution in [3.63, 3.8) is 0 Å². The molecule has 0 spiro atoms. The van der Waals surface area contributed by atoms with E-state index in [1.165, 1.54) is 90.6 Å². The van der Waals surface area contributed by atoms with E-state index < -0.39 is 0 Å². The zero-order valence-electron chi connectivity index (χ0n) is 18.7. The van der Waals surface area contributed by atoms with Crippen molar-refractivity contribution < 1.29 is 19.3 Å². The van der Waals surface area contributed by atoms with E-state index in [9.17, 15) is 4.79 Å². The van der Waals surface area contributed by atoms with Gasteiger partial charge in [0.05, 0.1) is 13.5 Å². The molecule has 0 N–H and O–H groups in total. The molecule has 0 radical (unpaired) electrons. The van der Waals surface area contributed by atoms with Crippen LogP contribution < -0.4 is 0 Å². The van der Waals surface area contributed by atoms with Crippen LogP contribution in [0.5, 0.6) is 0 Å². The molecule has 1 heterocycles. The van der Waals surface area contributed by atoms with Crippen LogP contribution in [0.3, 0.4) is 0 Å². The van der Waals surface area contributed by atoms with Gasteiger partial charge in [0.15, 0.2) is 0 Å². The van der Waals surface area contributed by atoms with E-state index in [0.717, 1.165) is 12.8 Å². The number of methoxy groups -OCH3 is 1. The van der Waals surface area contributed by atoms with Crippen molar-refractivity contribution in [2.75, 3.05) is 7.11 Å². The maximum Gasteiger partial charge on any atom is 0.308 e.